The summed E-state index contributed by atoms with van der Waals surface area (Å²) in [7, 11) is 1.51. The molecule has 1 heterocycles. The third-order valence-corrected chi connectivity index (χ3v) is 5.61. The fraction of sp³-hybridized carbons (Fsp3) is 0.148. The molecular formula is C27H23ClN2O5. The lowest BCUT2D eigenvalue weighted by molar-refractivity contribution is -0.122. The van der Waals surface area contributed by atoms with Gasteiger partial charge in [-0.15, -0.1) is 0 Å². The number of methoxy groups -OCH3 is 1. The lowest BCUT2D eigenvalue weighted by atomic mass is 10.1. The van der Waals surface area contributed by atoms with E-state index in [0.29, 0.717) is 34.4 Å². The molecule has 8 heteroatoms. The van der Waals surface area contributed by atoms with Crippen molar-refractivity contribution in [1.82, 2.24) is 5.32 Å². The summed E-state index contributed by atoms with van der Waals surface area (Å²) in [5.41, 5.74) is 3.98. The van der Waals surface area contributed by atoms with E-state index in [1.54, 1.807) is 30.3 Å². The first-order chi connectivity index (χ1) is 16.7. The van der Waals surface area contributed by atoms with Crippen LogP contribution in [-0.2, 0) is 16.2 Å². The van der Waals surface area contributed by atoms with Crippen LogP contribution in [-0.4, -0.2) is 25.0 Å². The molecule has 4 rings (SSSR count). The third-order valence-electron chi connectivity index (χ3n) is 5.36. The monoisotopic (exact) mass is 490 g/mol. The number of carbonyl (C=O) groups is 3. The molecule has 7 nitrogen and oxygen atoms in total. The van der Waals surface area contributed by atoms with E-state index < -0.39 is 17.8 Å². The highest BCUT2D eigenvalue weighted by atomic mass is 35.5. The number of barbiturate groups is 1. The van der Waals surface area contributed by atoms with Gasteiger partial charge in [0.1, 0.15) is 12.2 Å². The summed E-state index contributed by atoms with van der Waals surface area (Å²) in [6.45, 7) is 4.42. The van der Waals surface area contributed by atoms with Crippen molar-refractivity contribution in [2.45, 2.75) is 20.5 Å². The average molecular weight is 491 g/mol. The number of nitrogens with one attached hydrogen (secondary N) is 1. The number of imide groups is 2. The van der Waals surface area contributed by atoms with E-state index in [0.717, 1.165) is 21.6 Å². The molecule has 3 aromatic carbocycles. The zero-order chi connectivity index (χ0) is 25.1. The zero-order valence-corrected chi connectivity index (χ0v) is 20.2. The highest BCUT2D eigenvalue weighted by molar-refractivity contribution is 6.39. The second-order valence-electron chi connectivity index (χ2n) is 8.13. The van der Waals surface area contributed by atoms with Crippen LogP contribution < -0.4 is 19.7 Å². The maximum Gasteiger partial charge on any atom is 0.335 e. The van der Waals surface area contributed by atoms with E-state index >= 15 is 0 Å². The quantitative estimate of drug-likeness (QED) is 0.378. The lowest BCUT2D eigenvalue weighted by Crippen LogP contribution is -2.54. The number of benzene rings is 3. The van der Waals surface area contributed by atoms with E-state index in [2.05, 4.69) is 23.5 Å². The lowest BCUT2D eigenvalue weighted by Gasteiger charge is -2.26. The normalized spacial score (nSPS) is 14.8. The fourth-order valence-electron chi connectivity index (χ4n) is 3.86. The topological polar surface area (TPSA) is 84.9 Å². The highest BCUT2D eigenvalue weighted by Crippen LogP contribution is 2.31. The number of rotatable bonds is 6. The molecule has 0 atom stereocenters. The summed E-state index contributed by atoms with van der Waals surface area (Å²) in [6, 6.07) is 16.6. The predicted octanol–water partition coefficient (Wildman–Crippen LogP) is 5.21. The number of halogens is 1. The highest BCUT2D eigenvalue weighted by Gasteiger charge is 2.36. The molecule has 4 amide bonds. The standard InChI is InChI=1S/C27H23ClN2O5/c1-16-10-17(2)12-19(11-16)15-35-23-9-4-18(14-24(23)34-3)13-22-25(31)29-27(33)30(26(22)32)21-7-5-20(28)6-8-21/h4-14H,15H2,1-3H3,(H,29,31,33)/b22-13+. The number of nitrogens with zero attached hydrogens (tertiary/aromatic N) is 1. The minimum atomic E-state index is -0.827. The van der Waals surface area contributed by atoms with Crippen LogP contribution in [0.5, 0.6) is 11.5 Å². The Bertz CT molecular complexity index is 1330. The number of ether oxygens (including phenoxy) is 2. The van der Waals surface area contributed by atoms with Crippen LogP contribution in [0.15, 0.2) is 66.2 Å². The van der Waals surface area contributed by atoms with Gasteiger partial charge in [-0.25, -0.2) is 9.69 Å². The van der Waals surface area contributed by atoms with Crippen LogP contribution in [0.1, 0.15) is 22.3 Å². The van der Waals surface area contributed by atoms with Crippen LogP contribution in [0.3, 0.4) is 0 Å². The van der Waals surface area contributed by atoms with E-state index in [1.807, 2.05) is 13.8 Å². The molecular weight excluding hydrogens is 468 g/mol. The maximum absolute atomic E-state index is 13.1. The third kappa shape index (κ3) is 5.36. The molecule has 0 saturated carbocycles. The number of anilines is 1. The largest absolute Gasteiger partial charge is 0.493 e. The summed E-state index contributed by atoms with van der Waals surface area (Å²) < 4.78 is 11.4. The van der Waals surface area contributed by atoms with E-state index in [4.69, 9.17) is 21.1 Å². The number of carbonyl (C=O) groups excluding carboxylic acids is 3. The van der Waals surface area contributed by atoms with Crippen molar-refractivity contribution in [3.8, 4) is 11.5 Å². The van der Waals surface area contributed by atoms with Gasteiger partial charge in [0.15, 0.2) is 11.5 Å². The Kier molecular flexibility index (Phi) is 6.89. The summed E-state index contributed by atoms with van der Waals surface area (Å²) >= 11 is 5.90. The van der Waals surface area contributed by atoms with Crippen molar-refractivity contribution < 1.29 is 23.9 Å². The Labute approximate surface area is 207 Å². The Morgan fingerprint density at radius 2 is 1.60 bits per heavy atom. The van der Waals surface area contributed by atoms with Gasteiger partial charge in [-0.05, 0) is 67.4 Å². The van der Waals surface area contributed by atoms with Crippen LogP contribution in [0.2, 0.25) is 5.02 Å². The molecule has 0 unspecified atom stereocenters. The Balaban J connectivity index is 1.59. The number of amides is 4. The van der Waals surface area contributed by atoms with Crippen LogP contribution in [0, 0.1) is 13.8 Å². The van der Waals surface area contributed by atoms with Gasteiger partial charge in [-0.2, -0.15) is 0 Å². The molecule has 1 fully saturated rings. The predicted molar refractivity (Wildman–Crippen MR) is 134 cm³/mol. The summed E-state index contributed by atoms with van der Waals surface area (Å²) in [4.78, 5) is 38.8. The molecule has 0 aliphatic carbocycles. The second-order valence-corrected chi connectivity index (χ2v) is 8.57. The van der Waals surface area contributed by atoms with E-state index in [-0.39, 0.29) is 5.57 Å². The Morgan fingerprint density at radius 3 is 2.26 bits per heavy atom. The summed E-state index contributed by atoms with van der Waals surface area (Å²) in [5, 5.41) is 2.66. The molecule has 1 aliphatic rings. The first-order valence-electron chi connectivity index (χ1n) is 10.8. The SMILES string of the molecule is COc1cc(/C=C2\C(=O)NC(=O)N(c3ccc(Cl)cc3)C2=O)ccc1OCc1cc(C)cc(C)c1. The minimum Gasteiger partial charge on any atom is -0.493 e. The molecule has 0 bridgehead atoms. The molecule has 35 heavy (non-hydrogen) atoms. The molecule has 1 saturated heterocycles. The van der Waals surface area contributed by atoms with Gasteiger partial charge >= 0.3 is 6.03 Å². The first kappa shape index (κ1) is 24.0. The van der Waals surface area contributed by atoms with Crippen molar-refractivity contribution >= 4 is 41.2 Å². The average Bonchev–Trinajstić information content (AvgIpc) is 2.81. The number of hydrogen-bond donors (Lipinski definition) is 1. The van der Waals surface area contributed by atoms with Crippen molar-refractivity contribution in [2.75, 3.05) is 12.0 Å². The molecule has 1 N–H and O–H groups in total. The molecule has 0 radical (unpaired) electrons. The molecule has 3 aromatic rings. The molecule has 0 spiro atoms. The number of aryl methyl sites for hydroxylation is 2. The van der Waals surface area contributed by atoms with E-state index in [1.165, 1.54) is 25.3 Å². The number of hydrogen-bond acceptors (Lipinski definition) is 5. The van der Waals surface area contributed by atoms with Gasteiger partial charge in [0.25, 0.3) is 11.8 Å². The molecule has 178 valence electrons. The van der Waals surface area contributed by atoms with Gasteiger partial charge < -0.3 is 9.47 Å². The van der Waals surface area contributed by atoms with Gasteiger partial charge in [0.05, 0.1) is 12.8 Å². The molecule has 0 aromatic heterocycles. The number of urea groups is 1. The Morgan fingerprint density at radius 1 is 0.914 bits per heavy atom. The van der Waals surface area contributed by atoms with Crippen molar-refractivity contribution in [1.29, 1.82) is 0 Å². The summed E-state index contributed by atoms with van der Waals surface area (Å²) in [5.74, 6) is -0.557. The van der Waals surface area contributed by atoms with Crippen molar-refractivity contribution in [3.05, 3.63) is 93.5 Å². The first-order valence-corrected chi connectivity index (χ1v) is 11.2. The minimum absolute atomic E-state index is 0.189. The van der Waals surface area contributed by atoms with Crippen molar-refractivity contribution in [2.24, 2.45) is 0 Å². The zero-order valence-electron chi connectivity index (χ0n) is 19.4. The van der Waals surface area contributed by atoms with Gasteiger partial charge in [0, 0.05) is 5.02 Å². The van der Waals surface area contributed by atoms with Gasteiger partial charge in [-0.3, -0.25) is 14.9 Å². The van der Waals surface area contributed by atoms with E-state index in [9.17, 15) is 14.4 Å². The van der Waals surface area contributed by atoms with Crippen LogP contribution in [0.4, 0.5) is 10.5 Å². The van der Waals surface area contributed by atoms with Crippen molar-refractivity contribution in [3.63, 3.8) is 0 Å². The van der Waals surface area contributed by atoms with Gasteiger partial charge in [0.2, 0.25) is 0 Å². The fourth-order valence-corrected chi connectivity index (χ4v) is 3.98. The van der Waals surface area contributed by atoms with Crippen LogP contribution in [0.25, 0.3) is 6.08 Å². The molecule has 1 aliphatic heterocycles. The van der Waals surface area contributed by atoms with Gasteiger partial charge in [-0.1, -0.05) is 47.0 Å². The maximum atomic E-state index is 13.1. The van der Waals surface area contributed by atoms with Crippen LogP contribution >= 0.6 is 11.6 Å². The smallest absolute Gasteiger partial charge is 0.335 e. The summed E-state index contributed by atoms with van der Waals surface area (Å²) in [6.07, 6.45) is 1.41. The Hall–Kier alpha value is -4.10. The second kappa shape index (κ2) is 10.0.